The van der Waals surface area contributed by atoms with Gasteiger partial charge in [-0.2, -0.15) is 0 Å². The Labute approximate surface area is 129 Å². The molecule has 0 bridgehead atoms. The molecule has 21 heavy (non-hydrogen) atoms. The predicted octanol–water partition coefficient (Wildman–Crippen LogP) is 3.90. The Balaban J connectivity index is 2.13. The minimum absolute atomic E-state index is 0.0754. The highest BCUT2D eigenvalue weighted by molar-refractivity contribution is 6.33. The molecule has 3 nitrogen and oxygen atoms in total. The summed E-state index contributed by atoms with van der Waals surface area (Å²) in [4.78, 5) is 16.3. The fourth-order valence-electron chi connectivity index (χ4n) is 2.00. The summed E-state index contributed by atoms with van der Waals surface area (Å²) in [5, 5.41) is -0.656. The van der Waals surface area contributed by atoms with E-state index in [1.54, 1.807) is 24.4 Å². The lowest BCUT2D eigenvalue weighted by Gasteiger charge is -2.15. The number of ketones is 1. The summed E-state index contributed by atoms with van der Waals surface area (Å²) >= 11 is 6.26. The van der Waals surface area contributed by atoms with Crippen LogP contribution in [0.1, 0.15) is 29.9 Å². The lowest BCUT2D eigenvalue weighted by Crippen LogP contribution is -2.19. The molecular formula is C17H18ClNO2. The molecular weight excluding hydrogens is 286 g/mol. The van der Waals surface area contributed by atoms with E-state index >= 15 is 0 Å². The van der Waals surface area contributed by atoms with Crippen LogP contribution in [0.3, 0.4) is 0 Å². The average Bonchev–Trinajstić information content (AvgIpc) is 2.49. The van der Waals surface area contributed by atoms with Crippen molar-refractivity contribution in [3.8, 4) is 5.75 Å². The predicted molar refractivity (Wildman–Crippen MR) is 84.1 cm³/mol. The second-order valence-corrected chi connectivity index (χ2v) is 5.55. The van der Waals surface area contributed by atoms with Crippen molar-refractivity contribution in [1.29, 1.82) is 0 Å². The largest absolute Gasteiger partial charge is 0.491 e. The molecule has 1 atom stereocenters. The number of ether oxygens (including phenoxy) is 1. The molecule has 0 aliphatic carbocycles. The normalized spacial score (nSPS) is 12.2. The van der Waals surface area contributed by atoms with Crippen LogP contribution in [0.4, 0.5) is 0 Å². The fraction of sp³-hybridized carbons (Fsp3) is 0.294. The van der Waals surface area contributed by atoms with Crippen molar-refractivity contribution >= 4 is 17.4 Å². The van der Waals surface area contributed by atoms with Gasteiger partial charge in [0, 0.05) is 6.20 Å². The highest BCUT2D eigenvalue weighted by Gasteiger charge is 2.20. The lowest BCUT2D eigenvalue weighted by atomic mass is 10.0. The smallest absolute Gasteiger partial charge is 0.199 e. The number of carbonyl (C=O) groups is 1. The van der Waals surface area contributed by atoms with Crippen molar-refractivity contribution in [3.05, 3.63) is 59.9 Å². The van der Waals surface area contributed by atoms with Crippen molar-refractivity contribution in [2.24, 2.45) is 0 Å². The van der Waals surface area contributed by atoms with Crippen LogP contribution < -0.4 is 4.74 Å². The molecule has 4 heteroatoms. The van der Waals surface area contributed by atoms with E-state index in [0.29, 0.717) is 12.1 Å². The van der Waals surface area contributed by atoms with Crippen molar-refractivity contribution in [3.63, 3.8) is 0 Å². The third kappa shape index (κ3) is 4.30. The molecule has 0 spiro atoms. The van der Waals surface area contributed by atoms with E-state index in [0.717, 1.165) is 11.3 Å². The quantitative estimate of drug-likeness (QED) is 0.600. The Kier molecular flexibility index (Phi) is 5.34. The van der Waals surface area contributed by atoms with Crippen LogP contribution in [0.25, 0.3) is 0 Å². The van der Waals surface area contributed by atoms with E-state index in [4.69, 9.17) is 16.3 Å². The number of rotatable bonds is 6. The molecule has 0 radical (unpaired) electrons. The van der Waals surface area contributed by atoms with Gasteiger partial charge < -0.3 is 4.74 Å². The van der Waals surface area contributed by atoms with Crippen molar-refractivity contribution in [2.45, 2.75) is 31.7 Å². The highest BCUT2D eigenvalue weighted by Crippen LogP contribution is 2.23. The van der Waals surface area contributed by atoms with E-state index < -0.39 is 5.38 Å². The number of carbonyl (C=O) groups excluding carboxylic acids is 1. The summed E-state index contributed by atoms with van der Waals surface area (Å²) in [6, 6.07) is 12.9. The first kappa shape index (κ1) is 15.5. The molecule has 0 aliphatic rings. The van der Waals surface area contributed by atoms with Gasteiger partial charge in [0.15, 0.2) is 5.78 Å². The standard InChI is InChI=1S/C17H18ClNO2/c1-12(2)21-16-9-4-3-7-13(16)11-14(18)17(20)15-8-5-6-10-19-15/h3-10,12,14H,11H2,1-2H3. The van der Waals surface area contributed by atoms with E-state index in [-0.39, 0.29) is 11.9 Å². The molecule has 1 heterocycles. The van der Waals surface area contributed by atoms with Crippen LogP contribution >= 0.6 is 11.6 Å². The summed E-state index contributed by atoms with van der Waals surface area (Å²) < 4.78 is 5.75. The lowest BCUT2D eigenvalue weighted by molar-refractivity contribution is 0.0981. The number of halogens is 1. The van der Waals surface area contributed by atoms with Crippen LogP contribution in [0.15, 0.2) is 48.7 Å². The molecule has 110 valence electrons. The molecule has 0 fully saturated rings. The Morgan fingerprint density at radius 1 is 1.19 bits per heavy atom. The van der Waals surface area contributed by atoms with Crippen LogP contribution in [0.5, 0.6) is 5.75 Å². The molecule has 0 saturated carbocycles. The molecule has 2 rings (SSSR count). The number of alkyl halides is 1. The monoisotopic (exact) mass is 303 g/mol. The maximum absolute atomic E-state index is 12.2. The zero-order valence-corrected chi connectivity index (χ0v) is 12.9. The zero-order chi connectivity index (χ0) is 15.2. The van der Waals surface area contributed by atoms with Gasteiger partial charge in [-0.05, 0) is 44.0 Å². The second kappa shape index (κ2) is 7.23. The van der Waals surface area contributed by atoms with Crippen LogP contribution in [0, 0.1) is 0 Å². The van der Waals surface area contributed by atoms with Crippen molar-refractivity contribution in [1.82, 2.24) is 4.98 Å². The number of pyridine rings is 1. The minimum Gasteiger partial charge on any atom is -0.491 e. The van der Waals surface area contributed by atoms with Crippen molar-refractivity contribution < 1.29 is 9.53 Å². The van der Waals surface area contributed by atoms with Crippen LogP contribution in [0.2, 0.25) is 0 Å². The highest BCUT2D eigenvalue weighted by atomic mass is 35.5. The topological polar surface area (TPSA) is 39.2 Å². The van der Waals surface area contributed by atoms with Crippen LogP contribution in [-0.2, 0) is 6.42 Å². The maximum atomic E-state index is 12.2. The summed E-state index contributed by atoms with van der Waals surface area (Å²) in [5.74, 6) is 0.601. The zero-order valence-electron chi connectivity index (χ0n) is 12.1. The average molecular weight is 304 g/mol. The van der Waals surface area contributed by atoms with Gasteiger partial charge in [-0.3, -0.25) is 9.78 Å². The second-order valence-electron chi connectivity index (χ2n) is 5.03. The number of nitrogens with zero attached hydrogens (tertiary/aromatic N) is 1. The Morgan fingerprint density at radius 2 is 1.90 bits per heavy atom. The van der Waals surface area contributed by atoms with Crippen LogP contribution in [-0.4, -0.2) is 22.2 Å². The first-order valence-corrected chi connectivity index (χ1v) is 7.35. The van der Waals surface area contributed by atoms with Gasteiger partial charge in [-0.25, -0.2) is 0 Å². The Morgan fingerprint density at radius 3 is 2.57 bits per heavy atom. The summed E-state index contributed by atoms with van der Waals surface area (Å²) in [6.07, 6.45) is 2.08. The van der Waals surface area contributed by atoms with E-state index in [1.807, 2.05) is 38.1 Å². The minimum atomic E-state index is -0.656. The van der Waals surface area contributed by atoms with Gasteiger partial charge in [-0.1, -0.05) is 24.3 Å². The third-order valence-corrected chi connectivity index (χ3v) is 3.29. The maximum Gasteiger partial charge on any atom is 0.199 e. The summed E-state index contributed by atoms with van der Waals surface area (Å²) in [7, 11) is 0. The molecule has 1 aromatic carbocycles. The molecule has 0 amide bonds. The number of benzene rings is 1. The summed E-state index contributed by atoms with van der Waals surface area (Å²) in [5.41, 5.74) is 1.32. The fourth-order valence-corrected chi connectivity index (χ4v) is 2.27. The third-order valence-electron chi connectivity index (χ3n) is 2.94. The molecule has 0 saturated heterocycles. The van der Waals surface area contributed by atoms with Gasteiger partial charge in [0.05, 0.1) is 6.10 Å². The number of aromatic nitrogens is 1. The molecule has 0 N–H and O–H groups in total. The summed E-state index contributed by atoms with van der Waals surface area (Å²) in [6.45, 7) is 3.93. The van der Waals surface area contributed by atoms with Gasteiger partial charge >= 0.3 is 0 Å². The number of Topliss-reactive ketones (excluding diaryl/α,β-unsaturated/α-hetero) is 1. The van der Waals surface area contributed by atoms with Gasteiger partial charge in [0.1, 0.15) is 16.8 Å². The number of para-hydroxylation sites is 1. The number of hydrogen-bond acceptors (Lipinski definition) is 3. The van der Waals surface area contributed by atoms with E-state index in [1.165, 1.54) is 0 Å². The molecule has 1 unspecified atom stereocenters. The first-order chi connectivity index (χ1) is 10.1. The first-order valence-electron chi connectivity index (χ1n) is 6.92. The Hall–Kier alpha value is -1.87. The van der Waals surface area contributed by atoms with Crippen molar-refractivity contribution in [2.75, 3.05) is 0 Å². The SMILES string of the molecule is CC(C)Oc1ccccc1CC(Cl)C(=O)c1ccccn1. The van der Waals surface area contributed by atoms with Gasteiger partial charge in [-0.15, -0.1) is 11.6 Å². The van der Waals surface area contributed by atoms with E-state index in [2.05, 4.69) is 4.98 Å². The van der Waals surface area contributed by atoms with Gasteiger partial charge in [0.2, 0.25) is 0 Å². The Bertz CT molecular complexity index is 599. The number of hydrogen-bond donors (Lipinski definition) is 0. The molecule has 1 aromatic heterocycles. The molecule has 2 aromatic rings. The van der Waals surface area contributed by atoms with Gasteiger partial charge in [0.25, 0.3) is 0 Å². The van der Waals surface area contributed by atoms with E-state index in [9.17, 15) is 4.79 Å². The molecule has 0 aliphatic heterocycles.